The van der Waals surface area contributed by atoms with Gasteiger partial charge < -0.3 is 29.7 Å². The minimum Gasteiger partial charge on any atom is -0.497 e. The molecule has 10 heteroatoms. The lowest BCUT2D eigenvalue weighted by atomic mass is 9.95. The lowest BCUT2D eigenvalue weighted by Gasteiger charge is -2.29. The van der Waals surface area contributed by atoms with E-state index < -0.39 is 29.9 Å². The smallest absolute Gasteiger partial charge is 0.338 e. The fourth-order valence-corrected chi connectivity index (χ4v) is 4.95. The maximum atomic E-state index is 12.9. The summed E-state index contributed by atoms with van der Waals surface area (Å²) in [6, 6.07) is 5.78. The zero-order valence-corrected chi connectivity index (χ0v) is 20.0. The zero-order valence-electron chi connectivity index (χ0n) is 20.0. The summed E-state index contributed by atoms with van der Waals surface area (Å²) in [5.41, 5.74) is 0.943. The molecule has 1 aromatic carbocycles. The topological polar surface area (TPSA) is 123 Å². The van der Waals surface area contributed by atoms with E-state index in [1.165, 1.54) is 0 Å². The van der Waals surface area contributed by atoms with Crippen LogP contribution in [-0.4, -0.2) is 61.7 Å². The highest BCUT2D eigenvalue weighted by molar-refractivity contribution is 5.95. The third-order valence-corrected chi connectivity index (χ3v) is 6.71. The van der Waals surface area contributed by atoms with E-state index in [4.69, 9.17) is 14.2 Å². The molecule has 0 radical (unpaired) electrons. The normalized spacial score (nSPS) is 22.6. The molecule has 2 heterocycles. The van der Waals surface area contributed by atoms with Gasteiger partial charge in [-0.1, -0.05) is 25.0 Å². The first-order chi connectivity index (χ1) is 16.9. The van der Waals surface area contributed by atoms with Crippen LogP contribution >= 0.6 is 0 Å². The van der Waals surface area contributed by atoms with E-state index in [2.05, 4.69) is 10.6 Å². The van der Waals surface area contributed by atoms with Crippen molar-refractivity contribution in [1.29, 1.82) is 0 Å². The highest BCUT2D eigenvalue weighted by Crippen LogP contribution is 2.31. The molecule has 188 valence electrons. The van der Waals surface area contributed by atoms with Crippen LogP contribution in [0.4, 0.5) is 4.79 Å². The molecule has 3 aliphatic rings. The summed E-state index contributed by atoms with van der Waals surface area (Å²) in [6.45, 7) is 1.85. The maximum absolute atomic E-state index is 12.9. The number of rotatable bonds is 8. The van der Waals surface area contributed by atoms with Crippen LogP contribution in [0.3, 0.4) is 0 Å². The molecular formula is C25H31N3O7. The number of esters is 2. The largest absolute Gasteiger partial charge is 0.497 e. The number of ether oxygens (including phenoxy) is 3. The predicted molar refractivity (Wildman–Crippen MR) is 124 cm³/mol. The van der Waals surface area contributed by atoms with Gasteiger partial charge >= 0.3 is 18.0 Å². The van der Waals surface area contributed by atoms with Gasteiger partial charge in [0.25, 0.3) is 0 Å². The van der Waals surface area contributed by atoms with E-state index in [-0.39, 0.29) is 42.9 Å². The van der Waals surface area contributed by atoms with Crippen molar-refractivity contribution in [2.75, 3.05) is 26.9 Å². The lowest BCUT2D eigenvalue weighted by Crippen LogP contribution is -2.47. The van der Waals surface area contributed by atoms with Crippen molar-refractivity contribution in [3.8, 4) is 5.75 Å². The van der Waals surface area contributed by atoms with Gasteiger partial charge in [0.2, 0.25) is 5.91 Å². The van der Waals surface area contributed by atoms with Gasteiger partial charge in [-0.25, -0.2) is 9.59 Å². The monoisotopic (exact) mass is 485 g/mol. The molecule has 2 aliphatic heterocycles. The Hall–Kier alpha value is -3.56. The summed E-state index contributed by atoms with van der Waals surface area (Å²) >= 11 is 0. The molecule has 0 unspecified atom stereocenters. The first kappa shape index (κ1) is 24.6. The Morgan fingerprint density at radius 2 is 1.80 bits per heavy atom. The van der Waals surface area contributed by atoms with E-state index in [1.54, 1.807) is 43.2 Å². The van der Waals surface area contributed by atoms with Crippen LogP contribution < -0.4 is 15.4 Å². The summed E-state index contributed by atoms with van der Waals surface area (Å²) in [6.07, 6.45) is 4.24. The first-order valence-electron chi connectivity index (χ1n) is 12.0. The molecule has 1 aromatic rings. The number of nitrogens with one attached hydrogen (secondary N) is 2. The summed E-state index contributed by atoms with van der Waals surface area (Å²) in [5.74, 6) is -1.12. The van der Waals surface area contributed by atoms with Gasteiger partial charge in [-0.2, -0.15) is 0 Å². The van der Waals surface area contributed by atoms with Gasteiger partial charge in [0.05, 0.1) is 36.9 Å². The van der Waals surface area contributed by atoms with Crippen molar-refractivity contribution in [1.82, 2.24) is 15.5 Å². The molecule has 4 rings (SSSR count). The Morgan fingerprint density at radius 1 is 1.09 bits per heavy atom. The Balaban J connectivity index is 1.51. The van der Waals surface area contributed by atoms with Gasteiger partial charge in [0.1, 0.15) is 12.4 Å². The molecule has 0 bridgehead atoms. The second kappa shape index (κ2) is 10.8. The number of urea groups is 1. The Kier molecular flexibility index (Phi) is 7.57. The standard InChI is InChI=1S/C25H31N3O7/c1-3-34-24(31)21-19(26-25(32)27-22(21)15-8-10-18(33-2)11-9-15)14-35-23(30)16-12-20(29)28(13-16)17-6-4-5-7-17/h8-11,16-17,22H,3-7,12-14H2,1-2H3,(H2,26,27,32)/t16-,22+/m1/s1. The third-order valence-electron chi connectivity index (χ3n) is 6.71. The minimum absolute atomic E-state index is 0.0278. The summed E-state index contributed by atoms with van der Waals surface area (Å²) in [4.78, 5) is 52.4. The minimum atomic E-state index is -0.798. The van der Waals surface area contributed by atoms with E-state index >= 15 is 0 Å². The molecule has 0 spiro atoms. The average molecular weight is 486 g/mol. The van der Waals surface area contributed by atoms with Gasteiger partial charge in [-0.3, -0.25) is 9.59 Å². The third kappa shape index (κ3) is 5.41. The molecule has 0 aromatic heterocycles. The fourth-order valence-electron chi connectivity index (χ4n) is 4.95. The van der Waals surface area contributed by atoms with Gasteiger partial charge in [0, 0.05) is 19.0 Å². The van der Waals surface area contributed by atoms with Crippen molar-refractivity contribution in [3.05, 3.63) is 41.1 Å². The molecule has 1 saturated carbocycles. The van der Waals surface area contributed by atoms with Crippen molar-refractivity contribution in [2.24, 2.45) is 5.92 Å². The SMILES string of the molecule is CCOC(=O)C1=C(COC(=O)[C@@H]2CC(=O)N(C3CCCC3)C2)NC(=O)N[C@H]1c1ccc(OC)cc1. The summed E-state index contributed by atoms with van der Waals surface area (Å²) in [5, 5.41) is 5.32. The molecule has 3 amide bonds. The second-order valence-corrected chi connectivity index (χ2v) is 8.91. The number of nitrogens with zero attached hydrogens (tertiary/aromatic N) is 1. The number of carbonyl (C=O) groups excluding carboxylic acids is 4. The van der Waals surface area contributed by atoms with Crippen molar-refractivity contribution < 1.29 is 33.4 Å². The zero-order chi connectivity index (χ0) is 24.9. The van der Waals surface area contributed by atoms with Crippen LogP contribution in [0.1, 0.15) is 50.6 Å². The van der Waals surface area contributed by atoms with Gasteiger partial charge in [0.15, 0.2) is 0 Å². The lowest BCUT2D eigenvalue weighted by molar-refractivity contribution is -0.148. The van der Waals surface area contributed by atoms with Crippen LogP contribution in [0.25, 0.3) is 0 Å². The average Bonchev–Trinajstić information content (AvgIpc) is 3.52. The van der Waals surface area contributed by atoms with Gasteiger partial charge in [-0.05, 0) is 37.5 Å². The number of hydrogen-bond donors (Lipinski definition) is 2. The van der Waals surface area contributed by atoms with Gasteiger partial charge in [-0.15, -0.1) is 0 Å². The van der Waals surface area contributed by atoms with Crippen LogP contribution in [0, 0.1) is 5.92 Å². The highest BCUT2D eigenvalue weighted by atomic mass is 16.5. The maximum Gasteiger partial charge on any atom is 0.338 e. The molecule has 1 aliphatic carbocycles. The van der Waals surface area contributed by atoms with Crippen LogP contribution in [-0.2, 0) is 23.9 Å². The van der Waals surface area contributed by atoms with Crippen molar-refractivity contribution >= 4 is 23.9 Å². The Bertz CT molecular complexity index is 1010. The number of hydrogen-bond acceptors (Lipinski definition) is 7. The summed E-state index contributed by atoms with van der Waals surface area (Å²) in [7, 11) is 1.54. The Morgan fingerprint density at radius 3 is 2.46 bits per heavy atom. The van der Waals surface area contributed by atoms with Crippen LogP contribution in [0.15, 0.2) is 35.5 Å². The fraction of sp³-hybridized carbons (Fsp3) is 0.520. The van der Waals surface area contributed by atoms with E-state index in [1.807, 2.05) is 0 Å². The van der Waals surface area contributed by atoms with Crippen LogP contribution in [0.2, 0.25) is 0 Å². The van der Waals surface area contributed by atoms with Crippen LogP contribution in [0.5, 0.6) is 5.75 Å². The highest BCUT2D eigenvalue weighted by Gasteiger charge is 2.40. The van der Waals surface area contributed by atoms with E-state index in [9.17, 15) is 19.2 Å². The molecule has 2 N–H and O–H groups in total. The second-order valence-electron chi connectivity index (χ2n) is 8.91. The molecule has 35 heavy (non-hydrogen) atoms. The van der Waals surface area contributed by atoms with Crippen molar-refractivity contribution in [3.63, 3.8) is 0 Å². The number of methoxy groups -OCH3 is 1. The number of carbonyl (C=O) groups is 4. The number of benzene rings is 1. The quantitative estimate of drug-likeness (QED) is 0.541. The number of amides is 3. The van der Waals surface area contributed by atoms with Crippen molar-refractivity contribution in [2.45, 2.75) is 51.1 Å². The molecule has 2 atom stereocenters. The van der Waals surface area contributed by atoms with E-state index in [0.717, 1.165) is 25.7 Å². The predicted octanol–water partition coefficient (Wildman–Crippen LogP) is 2.20. The Labute approximate surface area is 204 Å². The number of likely N-dealkylation sites (tertiary alicyclic amines) is 1. The van der Waals surface area contributed by atoms with E-state index in [0.29, 0.717) is 17.9 Å². The molecular weight excluding hydrogens is 454 g/mol. The summed E-state index contributed by atoms with van der Waals surface area (Å²) < 4.78 is 15.9. The molecule has 1 saturated heterocycles. The first-order valence-corrected chi connectivity index (χ1v) is 12.0. The molecule has 10 nitrogen and oxygen atoms in total. The molecule has 2 fully saturated rings.